The molecule has 0 amide bonds. The zero-order valence-corrected chi connectivity index (χ0v) is 9.97. The van der Waals surface area contributed by atoms with Crippen molar-refractivity contribution in [2.75, 3.05) is 25.1 Å². The maximum Gasteiger partial charge on any atom is 0.221 e. The Kier molecular flexibility index (Phi) is 2.96. The van der Waals surface area contributed by atoms with Crippen molar-refractivity contribution in [1.82, 2.24) is 9.97 Å². The lowest BCUT2D eigenvalue weighted by atomic mass is 10.1. The van der Waals surface area contributed by atoms with E-state index in [0.29, 0.717) is 11.8 Å². The summed E-state index contributed by atoms with van der Waals surface area (Å²) in [4.78, 5) is 10.6. The second-order valence-corrected chi connectivity index (χ2v) is 4.38. The molecule has 0 radical (unpaired) electrons. The summed E-state index contributed by atoms with van der Waals surface area (Å²) >= 11 is 0. The number of anilines is 1. The second-order valence-electron chi connectivity index (χ2n) is 4.38. The first-order valence-corrected chi connectivity index (χ1v) is 5.49. The Morgan fingerprint density at radius 1 is 1.44 bits per heavy atom. The summed E-state index contributed by atoms with van der Waals surface area (Å²) < 4.78 is 5.19. The Labute approximate surface area is 95.6 Å². The largest absolute Gasteiger partial charge is 0.481 e. The molecule has 2 N–H and O–H groups in total. The van der Waals surface area contributed by atoms with E-state index >= 15 is 0 Å². The Hall–Kier alpha value is -1.36. The molecule has 16 heavy (non-hydrogen) atoms. The zero-order chi connectivity index (χ0) is 11.7. The highest BCUT2D eigenvalue weighted by Crippen LogP contribution is 2.27. The third-order valence-electron chi connectivity index (χ3n) is 3.17. The summed E-state index contributed by atoms with van der Waals surface area (Å²) in [5, 5.41) is 0. The predicted molar refractivity (Wildman–Crippen MR) is 62.7 cm³/mol. The van der Waals surface area contributed by atoms with Crippen LogP contribution in [0.4, 0.5) is 5.82 Å². The molecule has 5 heteroatoms. The molecule has 2 atom stereocenters. The number of nitrogens with two attached hydrogens (primary N) is 1. The molecule has 2 heterocycles. The van der Waals surface area contributed by atoms with Gasteiger partial charge >= 0.3 is 0 Å². The van der Waals surface area contributed by atoms with E-state index in [-0.39, 0.29) is 6.04 Å². The Bertz CT molecular complexity index is 372. The summed E-state index contributed by atoms with van der Waals surface area (Å²) in [6.07, 6.45) is 1.54. The molecule has 0 aromatic carbocycles. The number of aromatic nitrogens is 2. The van der Waals surface area contributed by atoms with Crippen LogP contribution in [0.3, 0.4) is 0 Å². The van der Waals surface area contributed by atoms with E-state index in [0.717, 1.165) is 24.5 Å². The maximum absolute atomic E-state index is 6.01. The molecule has 0 bridgehead atoms. The first-order valence-electron chi connectivity index (χ1n) is 5.49. The molecular formula is C11H18N4O. The van der Waals surface area contributed by atoms with Crippen molar-refractivity contribution >= 4 is 5.82 Å². The highest BCUT2D eigenvalue weighted by Gasteiger charge is 2.28. The van der Waals surface area contributed by atoms with Crippen LogP contribution >= 0.6 is 0 Å². The van der Waals surface area contributed by atoms with Crippen LogP contribution in [-0.2, 0) is 0 Å². The fourth-order valence-corrected chi connectivity index (χ4v) is 2.11. The molecule has 1 fully saturated rings. The Morgan fingerprint density at radius 2 is 2.19 bits per heavy atom. The van der Waals surface area contributed by atoms with E-state index in [1.165, 1.54) is 6.33 Å². The fourth-order valence-electron chi connectivity index (χ4n) is 2.11. The second kappa shape index (κ2) is 4.25. The standard InChI is InChI=1S/C11H18N4O/c1-7-4-15(5-9(7)12)10-8(2)11(16-3)14-6-13-10/h6-7,9H,4-5,12H2,1-3H3. The van der Waals surface area contributed by atoms with E-state index in [1.54, 1.807) is 7.11 Å². The van der Waals surface area contributed by atoms with Crippen molar-refractivity contribution < 1.29 is 4.74 Å². The van der Waals surface area contributed by atoms with Crippen LogP contribution in [0.5, 0.6) is 5.88 Å². The number of hydrogen-bond donors (Lipinski definition) is 1. The van der Waals surface area contributed by atoms with Crippen molar-refractivity contribution in [2.45, 2.75) is 19.9 Å². The first-order chi connectivity index (χ1) is 7.63. The van der Waals surface area contributed by atoms with Crippen LogP contribution in [-0.4, -0.2) is 36.2 Å². The van der Waals surface area contributed by atoms with Crippen molar-refractivity contribution in [3.05, 3.63) is 11.9 Å². The summed E-state index contributed by atoms with van der Waals surface area (Å²) in [5.74, 6) is 2.07. The number of ether oxygens (including phenoxy) is 1. The SMILES string of the molecule is COc1ncnc(N2CC(C)C(N)C2)c1C. The molecule has 0 saturated carbocycles. The Morgan fingerprint density at radius 3 is 2.75 bits per heavy atom. The summed E-state index contributed by atoms with van der Waals surface area (Å²) in [5.41, 5.74) is 6.99. The minimum atomic E-state index is 0.223. The van der Waals surface area contributed by atoms with Gasteiger partial charge in [-0.05, 0) is 12.8 Å². The fraction of sp³-hybridized carbons (Fsp3) is 0.636. The molecular weight excluding hydrogens is 204 g/mol. The van der Waals surface area contributed by atoms with Crippen LogP contribution in [0.2, 0.25) is 0 Å². The number of rotatable bonds is 2. The number of hydrogen-bond acceptors (Lipinski definition) is 5. The quantitative estimate of drug-likeness (QED) is 0.793. The molecule has 5 nitrogen and oxygen atoms in total. The van der Waals surface area contributed by atoms with Crippen molar-refractivity contribution in [3.63, 3.8) is 0 Å². The van der Waals surface area contributed by atoms with Crippen LogP contribution in [0.25, 0.3) is 0 Å². The molecule has 2 unspecified atom stereocenters. The molecule has 2 rings (SSSR count). The van der Waals surface area contributed by atoms with Gasteiger partial charge in [0.1, 0.15) is 12.1 Å². The van der Waals surface area contributed by atoms with Crippen molar-refractivity contribution in [3.8, 4) is 5.88 Å². The lowest BCUT2D eigenvalue weighted by Gasteiger charge is -2.19. The monoisotopic (exact) mass is 222 g/mol. The molecule has 1 aliphatic rings. The van der Waals surface area contributed by atoms with E-state index in [9.17, 15) is 0 Å². The van der Waals surface area contributed by atoms with Crippen LogP contribution < -0.4 is 15.4 Å². The summed E-state index contributed by atoms with van der Waals surface area (Å²) in [7, 11) is 1.62. The molecule has 0 spiro atoms. The summed E-state index contributed by atoms with van der Waals surface area (Å²) in [6, 6.07) is 0.223. The summed E-state index contributed by atoms with van der Waals surface area (Å²) in [6.45, 7) is 5.94. The normalized spacial score (nSPS) is 24.9. The van der Waals surface area contributed by atoms with E-state index in [1.807, 2.05) is 6.92 Å². The van der Waals surface area contributed by atoms with E-state index < -0.39 is 0 Å². The molecule has 0 aliphatic carbocycles. The number of nitrogens with zero attached hydrogens (tertiary/aromatic N) is 3. The van der Waals surface area contributed by atoms with Crippen molar-refractivity contribution in [1.29, 1.82) is 0 Å². The molecule has 1 aromatic rings. The smallest absolute Gasteiger partial charge is 0.221 e. The van der Waals surface area contributed by atoms with E-state index in [4.69, 9.17) is 10.5 Å². The van der Waals surface area contributed by atoms with Gasteiger partial charge in [-0.15, -0.1) is 0 Å². The van der Waals surface area contributed by atoms with E-state index in [2.05, 4.69) is 21.8 Å². The lowest BCUT2D eigenvalue weighted by Crippen LogP contribution is -2.29. The lowest BCUT2D eigenvalue weighted by molar-refractivity contribution is 0.393. The van der Waals surface area contributed by atoms with Crippen molar-refractivity contribution in [2.24, 2.45) is 11.7 Å². The van der Waals surface area contributed by atoms with Gasteiger partial charge in [0.05, 0.1) is 12.7 Å². The highest BCUT2D eigenvalue weighted by atomic mass is 16.5. The van der Waals surface area contributed by atoms with Crippen LogP contribution in [0.15, 0.2) is 6.33 Å². The minimum absolute atomic E-state index is 0.223. The topological polar surface area (TPSA) is 64.3 Å². The molecule has 1 aromatic heterocycles. The van der Waals surface area contributed by atoms with Gasteiger partial charge in [0.15, 0.2) is 0 Å². The van der Waals surface area contributed by atoms with Gasteiger partial charge in [-0.25, -0.2) is 9.97 Å². The van der Waals surface area contributed by atoms with Gasteiger partial charge in [-0.3, -0.25) is 0 Å². The third-order valence-corrected chi connectivity index (χ3v) is 3.17. The molecule has 88 valence electrons. The molecule has 1 saturated heterocycles. The minimum Gasteiger partial charge on any atom is -0.481 e. The van der Waals surface area contributed by atoms with Gasteiger partial charge in [-0.2, -0.15) is 0 Å². The van der Waals surface area contributed by atoms with Gasteiger partial charge in [0, 0.05) is 19.1 Å². The predicted octanol–water partition coefficient (Wildman–Crippen LogP) is 0.577. The number of methoxy groups -OCH3 is 1. The van der Waals surface area contributed by atoms with Gasteiger partial charge in [-0.1, -0.05) is 6.92 Å². The van der Waals surface area contributed by atoms with Gasteiger partial charge in [0.25, 0.3) is 0 Å². The van der Waals surface area contributed by atoms with Crippen LogP contribution in [0, 0.1) is 12.8 Å². The zero-order valence-electron chi connectivity index (χ0n) is 9.97. The average molecular weight is 222 g/mol. The Balaban J connectivity index is 2.28. The third kappa shape index (κ3) is 1.82. The average Bonchev–Trinajstić information content (AvgIpc) is 2.59. The van der Waals surface area contributed by atoms with Gasteiger partial charge < -0.3 is 15.4 Å². The van der Waals surface area contributed by atoms with Crippen LogP contribution in [0.1, 0.15) is 12.5 Å². The van der Waals surface area contributed by atoms with Gasteiger partial charge in [0.2, 0.25) is 5.88 Å². The molecule has 1 aliphatic heterocycles. The first kappa shape index (κ1) is 11.1. The highest BCUT2D eigenvalue weighted by molar-refractivity contribution is 5.51. The maximum atomic E-state index is 6.01.